The molecule has 0 amide bonds. The van der Waals surface area contributed by atoms with Gasteiger partial charge in [-0.15, -0.1) is 0 Å². The molecule has 1 aliphatic rings. The zero-order valence-electron chi connectivity index (χ0n) is 40.6. The predicted molar refractivity (Wildman–Crippen MR) is 284 cm³/mol. The molecule has 1 heterocycles. The molecule has 0 atom stereocenters. The van der Waals surface area contributed by atoms with Crippen LogP contribution in [0.15, 0.2) is 209 Å². The van der Waals surface area contributed by atoms with Crippen LogP contribution in [-0.4, -0.2) is 36.4 Å². The average Bonchev–Trinajstić information content (AvgIpc) is 3.41. The second kappa shape index (κ2) is 24.1. The van der Waals surface area contributed by atoms with Gasteiger partial charge in [-0.1, -0.05) is 0 Å². The number of hydrazone groups is 1. The van der Waals surface area contributed by atoms with Crippen LogP contribution in [-0.2, 0) is 63.2 Å². The third-order valence-corrected chi connectivity index (χ3v) is 14.5. The van der Waals surface area contributed by atoms with Crippen molar-refractivity contribution < 1.29 is 80.2 Å². The van der Waals surface area contributed by atoms with Gasteiger partial charge in [-0.05, 0) is 0 Å². The summed E-state index contributed by atoms with van der Waals surface area (Å²) in [6.07, 6.45) is 1.89. The smallest absolute Gasteiger partial charge is 1.00 e. The standard InChI is InChI=1S/C63H52N3O6.2ClH.Zr/c67-58-47(31-41-19-7-1-8-20-41)37-48(32-42-21-9-2-10-22-42)59(68)55(58)53-40-54(56-60(69)49(33-43-23-11-3-12-24-43)38-50(61(56)70)34-44-25-13-4-14-26-44)65-66(64-53)57-62(71)51(35-45-27-15-5-16-28-45)39-52(63(57)72)36-46-29-17-6-18-30-46;;;/h1-30,37-39,64,67-72H,31-36H2;2*1H;/q;;;+2/p-2. The molecule has 0 aliphatic carbocycles. The normalized spacial score (nSPS) is 12.1. The topological polar surface area (TPSA) is 149 Å². The van der Waals surface area contributed by atoms with Crippen LogP contribution in [0.2, 0.25) is 0 Å². The van der Waals surface area contributed by atoms with Gasteiger partial charge in [0.05, 0.1) is 0 Å². The van der Waals surface area contributed by atoms with Crippen molar-refractivity contribution in [1.29, 1.82) is 0 Å². The van der Waals surface area contributed by atoms with Gasteiger partial charge in [0.1, 0.15) is 0 Å². The molecule has 0 aromatic heterocycles. The van der Waals surface area contributed by atoms with E-state index in [9.17, 15) is 30.6 Å². The zero-order chi connectivity index (χ0) is 50.4. The van der Waals surface area contributed by atoms with Crippen LogP contribution in [0.3, 0.4) is 0 Å². The number of hydrazine groups is 1. The van der Waals surface area contributed by atoms with Crippen LogP contribution in [0.4, 0.5) is 5.69 Å². The molecule has 9 aromatic rings. The Labute approximate surface area is 464 Å². The number of nitrogens with one attached hydrogen (secondary N) is 1. The fourth-order valence-electron chi connectivity index (χ4n) is 9.61. The van der Waals surface area contributed by atoms with Crippen molar-refractivity contribution >= 4 is 17.1 Å². The minimum absolute atomic E-state index is 0. The molecule has 373 valence electrons. The molecule has 0 saturated carbocycles. The van der Waals surface area contributed by atoms with Gasteiger partial charge in [-0.3, -0.25) is 0 Å². The van der Waals surface area contributed by atoms with Crippen molar-refractivity contribution in [3.05, 3.63) is 281 Å². The second-order valence-corrected chi connectivity index (χ2v) is 19.6. The summed E-state index contributed by atoms with van der Waals surface area (Å²) < 4.78 is 0.425. The number of benzene rings is 9. The Kier molecular flexibility index (Phi) is 17.2. The van der Waals surface area contributed by atoms with Crippen LogP contribution < -0.4 is 35.4 Å². The minimum atomic E-state index is -0.271. The summed E-state index contributed by atoms with van der Waals surface area (Å²) in [6, 6.07) is 63.9. The first-order valence-electron chi connectivity index (χ1n) is 24.2. The second-order valence-electron chi connectivity index (χ2n) is 18.4. The van der Waals surface area contributed by atoms with E-state index >= 15 is 0 Å². The number of phenolic OH excluding ortho intramolecular Hbond substituents is 6. The Hall–Kier alpha value is -7.75. The number of halogens is 2. The van der Waals surface area contributed by atoms with E-state index in [0.717, 1.165) is 58.1 Å². The fourth-order valence-corrected chi connectivity index (χ4v) is 10.5. The van der Waals surface area contributed by atoms with E-state index in [1.165, 1.54) is 5.12 Å². The van der Waals surface area contributed by atoms with Gasteiger partial charge < -0.3 is 24.8 Å². The maximum atomic E-state index is 12.7. The summed E-state index contributed by atoms with van der Waals surface area (Å²) in [5.74, 6) is -1.38. The first-order chi connectivity index (χ1) is 35.6. The Bertz CT molecular complexity index is 3300. The van der Waals surface area contributed by atoms with Gasteiger partial charge in [0.2, 0.25) is 0 Å². The van der Waals surface area contributed by atoms with Crippen molar-refractivity contribution in [2.24, 2.45) is 5.10 Å². The quantitative estimate of drug-likeness (QED) is 0.0651. The third-order valence-electron chi connectivity index (χ3n) is 13.3. The Morgan fingerprint density at radius 1 is 0.347 bits per heavy atom. The molecular formula is C63H52Cl2N3O6Zr. The summed E-state index contributed by atoms with van der Waals surface area (Å²) in [6.45, 7) is 0. The molecule has 7 N–H and O–H groups in total. The molecule has 0 bridgehead atoms. The number of aromatic hydroxyl groups is 6. The van der Waals surface area contributed by atoms with Crippen molar-refractivity contribution in [3.8, 4) is 34.5 Å². The van der Waals surface area contributed by atoms with Gasteiger partial charge in [-0.25, -0.2) is 0 Å². The van der Waals surface area contributed by atoms with E-state index < -0.39 is 0 Å². The molecule has 1 aliphatic heterocycles. The van der Waals surface area contributed by atoms with E-state index in [1.807, 2.05) is 194 Å². The molecule has 10 rings (SSSR count). The van der Waals surface area contributed by atoms with Crippen molar-refractivity contribution in [2.75, 3.05) is 5.12 Å². The number of hydrogen-bond acceptors (Lipinski definition) is 9. The van der Waals surface area contributed by atoms with Crippen LogP contribution in [0.25, 0.3) is 5.70 Å². The summed E-state index contributed by atoms with van der Waals surface area (Å²) in [7, 11) is 0. The molecule has 9 aromatic carbocycles. The van der Waals surface area contributed by atoms with Crippen LogP contribution in [0.5, 0.6) is 34.5 Å². The number of hydrogen-bond donors (Lipinski definition) is 7. The predicted octanol–water partition coefficient (Wildman–Crippen LogP) is 6.12. The van der Waals surface area contributed by atoms with E-state index in [2.05, 4.69) is 5.43 Å². The van der Waals surface area contributed by atoms with Gasteiger partial charge in [0, 0.05) is 0 Å². The molecule has 0 radical (unpaired) electrons. The monoisotopic (exact) mass is 1110 g/mol. The van der Waals surface area contributed by atoms with Crippen LogP contribution >= 0.6 is 0 Å². The average molecular weight is 1110 g/mol. The van der Waals surface area contributed by atoms with Crippen molar-refractivity contribution in [2.45, 2.75) is 38.5 Å². The number of nitrogens with zero attached hydrogens (tertiary/aromatic N) is 2. The summed E-state index contributed by atoms with van der Waals surface area (Å²) >= 11 is 0.731. The first kappa shape index (κ1) is 53.5. The van der Waals surface area contributed by atoms with Crippen LogP contribution in [0.1, 0.15) is 77.9 Å². The van der Waals surface area contributed by atoms with E-state index in [-0.39, 0.29) is 87.5 Å². The van der Waals surface area contributed by atoms with E-state index in [4.69, 9.17) is 5.10 Å². The summed E-state index contributed by atoms with van der Waals surface area (Å²) in [5, 5.41) is 82.3. The van der Waals surface area contributed by atoms with Crippen LogP contribution in [0, 0.1) is 0 Å². The fraction of sp³-hybridized carbons (Fsp3) is 0.0952. The Morgan fingerprint density at radius 2 is 0.587 bits per heavy atom. The zero-order valence-corrected chi connectivity index (χ0v) is 44.6. The molecule has 0 saturated heterocycles. The molecule has 0 spiro atoms. The number of phenols is 6. The van der Waals surface area contributed by atoms with Gasteiger partial charge >= 0.3 is 442 Å². The number of anilines is 1. The Balaban J connectivity index is 0.00000374. The molecular weight excluding hydrogens is 1060 g/mol. The SMILES string of the molecule is Oc1c(Cc2ccccc2)cc(Cc2ccccc2)c(O)c1C1=NN(c2c(O)c(Cc3ccccc3)cc(Cc3ccccc3)c2O)NC(c2c(O)c(Cc3ccccc3)cc(Cc3ccccc3)c2O)=[C]1[Zr+2].[Cl-].[Cl-]. The Morgan fingerprint density at radius 3 is 0.853 bits per heavy atom. The number of allylic oxidation sites excluding steroid dienone is 1. The van der Waals surface area contributed by atoms with Crippen molar-refractivity contribution in [3.63, 3.8) is 0 Å². The summed E-state index contributed by atoms with van der Waals surface area (Å²) in [4.78, 5) is 0. The maximum absolute atomic E-state index is 12.7. The molecule has 12 heteroatoms. The minimum Gasteiger partial charge on any atom is -1.00 e. The summed E-state index contributed by atoms with van der Waals surface area (Å²) in [5.41, 5.74) is 12.3. The van der Waals surface area contributed by atoms with Gasteiger partial charge in [-0.2, -0.15) is 0 Å². The molecule has 9 nitrogen and oxygen atoms in total. The molecule has 75 heavy (non-hydrogen) atoms. The molecule has 0 fully saturated rings. The van der Waals surface area contributed by atoms with Crippen molar-refractivity contribution in [1.82, 2.24) is 5.43 Å². The van der Waals surface area contributed by atoms with Gasteiger partial charge in [0.25, 0.3) is 0 Å². The third kappa shape index (κ3) is 11.8. The largest absolute Gasteiger partial charge is 1.00 e. The number of rotatable bonds is 15. The first-order valence-corrected chi connectivity index (χ1v) is 25.4. The van der Waals surface area contributed by atoms with E-state index in [0.29, 0.717) is 75.2 Å². The van der Waals surface area contributed by atoms with E-state index in [1.54, 1.807) is 6.07 Å². The molecule has 0 unspecified atom stereocenters. The van der Waals surface area contributed by atoms with Gasteiger partial charge in [0.15, 0.2) is 0 Å². The maximum Gasteiger partial charge on any atom is -1.00 e.